The Bertz CT molecular complexity index is 911. The van der Waals surface area contributed by atoms with Crippen molar-refractivity contribution in [2.45, 2.75) is 31.2 Å². The van der Waals surface area contributed by atoms with Gasteiger partial charge in [-0.05, 0) is 45.0 Å². The van der Waals surface area contributed by atoms with E-state index in [-0.39, 0.29) is 11.2 Å². The second-order valence-corrected chi connectivity index (χ2v) is 7.63. The Hall–Kier alpha value is -1.93. The van der Waals surface area contributed by atoms with Crippen LogP contribution in [0, 0.1) is 13.8 Å². The molecule has 2 heterocycles. The Kier molecular flexibility index (Phi) is 4.86. The second kappa shape index (κ2) is 6.90. The molecule has 0 aliphatic heterocycles. The van der Waals surface area contributed by atoms with Crippen LogP contribution in [0.5, 0.6) is 0 Å². The third kappa shape index (κ3) is 3.76. The van der Waals surface area contributed by atoms with Crippen molar-refractivity contribution >= 4 is 45.1 Å². The number of thioether (sulfide) groups is 1. The number of anilines is 1. The van der Waals surface area contributed by atoms with Crippen molar-refractivity contribution in [1.29, 1.82) is 0 Å². The number of fused-ring (bicyclic) bond motifs is 1. The predicted molar refractivity (Wildman–Crippen MR) is 98.3 cm³/mol. The van der Waals surface area contributed by atoms with Gasteiger partial charge in [0, 0.05) is 21.5 Å². The number of benzene rings is 1. The number of aryl methyl sites for hydroxylation is 2. The Morgan fingerprint density at radius 1 is 1.29 bits per heavy atom. The molecule has 1 atom stereocenters. The summed E-state index contributed by atoms with van der Waals surface area (Å²) in [6, 6.07) is 9.43. The fourth-order valence-electron chi connectivity index (χ4n) is 2.22. The van der Waals surface area contributed by atoms with Gasteiger partial charge in [0.25, 0.3) is 5.78 Å². The van der Waals surface area contributed by atoms with Crippen LogP contribution in [0.25, 0.3) is 5.78 Å². The van der Waals surface area contributed by atoms with Gasteiger partial charge in [0.15, 0.2) is 0 Å². The lowest BCUT2D eigenvalue weighted by atomic mass is 10.3. The summed E-state index contributed by atoms with van der Waals surface area (Å²) in [6.07, 6.45) is 0. The number of hydrogen-bond acceptors (Lipinski definition) is 5. The summed E-state index contributed by atoms with van der Waals surface area (Å²) in [7, 11) is 0. The molecule has 124 valence electrons. The summed E-state index contributed by atoms with van der Waals surface area (Å²) in [5.41, 5.74) is 2.60. The molecule has 1 amide bonds. The van der Waals surface area contributed by atoms with E-state index in [0.29, 0.717) is 10.9 Å². The molecule has 1 N–H and O–H groups in total. The van der Waals surface area contributed by atoms with Crippen LogP contribution in [0.1, 0.15) is 18.3 Å². The van der Waals surface area contributed by atoms with Crippen molar-refractivity contribution in [3.63, 3.8) is 0 Å². The third-order valence-corrected chi connectivity index (χ3v) is 4.79. The molecule has 24 heavy (non-hydrogen) atoms. The van der Waals surface area contributed by atoms with Gasteiger partial charge in [0.05, 0.1) is 5.25 Å². The van der Waals surface area contributed by atoms with Crippen molar-refractivity contribution in [2.24, 2.45) is 0 Å². The lowest BCUT2D eigenvalue weighted by molar-refractivity contribution is -0.115. The largest absolute Gasteiger partial charge is 0.325 e. The molecule has 0 bridgehead atoms. The number of nitrogens with zero attached hydrogens (tertiary/aromatic N) is 4. The van der Waals surface area contributed by atoms with Gasteiger partial charge in [-0.15, -0.1) is 5.10 Å². The van der Waals surface area contributed by atoms with Crippen molar-refractivity contribution < 1.29 is 4.79 Å². The zero-order valence-electron chi connectivity index (χ0n) is 13.4. The first-order valence-electron chi connectivity index (χ1n) is 7.36. The summed E-state index contributed by atoms with van der Waals surface area (Å²) < 4.78 is 2.60. The van der Waals surface area contributed by atoms with E-state index in [9.17, 15) is 4.79 Å². The van der Waals surface area contributed by atoms with E-state index in [1.165, 1.54) is 11.8 Å². The number of amides is 1. The maximum absolute atomic E-state index is 12.3. The van der Waals surface area contributed by atoms with Crippen molar-refractivity contribution in [3.8, 4) is 0 Å². The molecule has 3 aromatic rings. The number of halogens is 1. The average Bonchev–Trinajstić information content (AvgIpc) is 2.89. The van der Waals surface area contributed by atoms with E-state index in [2.05, 4.69) is 36.3 Å². The van der Waals surface area contributed by atoms with E-state index >= 15 is 0 Å². The first kappa shape index (κ1) is 16.9. The molecule has 3 rings (SSSR count). The summed E-state index contributed by atoms with van der Waals surface area (Å²) in [5, 5.41) is 7.51. The van der Waals surface area contributed by atoms with Gasteiger partial charge in [0.1, 0.15) is 0 Å². The van der Waals surface area contributed by atoms with Crippen molar-refractivity contribution in [2.75, 3.05) is 5.32 Å². The van der Waals surface area contributed by atoms with E-state index in [1.54, 1.807) is 4.52 Å². The number of carbonyl (C=O) groups is 1. The normalized spacial score (nSPS) is 12.3. The van der Waals surface area contributed by atoms with Crippen LogP contribution in [0.3, 0.4) is 0 Å². The van der Waals surface area contributed by atoms with Crippen LogP contribution in [0.15, 0.2) is 40.0 Å². The fourth-order valence-corrected chi connectivity index (χ4v) is 3.36. The molecule has 0 radical (unpaired) electrons. The lowest BCUT2D eigenvalue weighted by Gasteiger charge is -2.10. The minimum absolute atomic E-state index is 0.0992. The van der Waals surface area contributed by atoms with Gasteiger partial charge in [-0.1, -0.05) is 33.8 Å². The van der Waals surface area contributed by atoms with Gasteiger partial charge in [0.2, 0.25) is 11.1 Å². The van der Waals surface area contributed by atoms with E-state index in [4.69, 9.17) is 0 Å². The molecule has 6 nitrogen and oxygen atoms in total. The number of rotatable bonds is 4. The Morgan fingerprint density at radius 3 is 2.83 bits per heavy atom. The second-order valence-electron chi connectivity index (χ2n) is 5.40. The predicted octanol–water partition coefficient (Wildman–Crippen LogP) is 3.62. The first-order valence-corrected chi connectivity index (χ1v) is 9.04. The molecule has 1 unspecified atom stereocenters. The van der Waals surface area contributed by atoms with Crippen LogP contribution >= 0.6 is 27.7 Å². The average molecular weight is 406 g/mol. The summed E-state index contributed by atoms with van der Waals surface area (Å²) in [4.78, 5) is 21.1. The SMILES string of the molecule is Cc1cc(C)n2nc(SC(C)C(=O)Nc3cccc(Br)c3)nc2n1. The Balaban J connectivity index is 1.73. The van der Waals surface area contributed by atoms with Crippen LogP contribution in [0.2, 0.25) is 0 Å². The van der Waals surface area contributed by atoms with Crippen LogP contribution < -0.4 is 5.32 Å². The van der Waals surface area contributed by atoms with Gasteiger partial charge in [-0.25, -0.2) is 9.50 Å². The molecular weight excluding hydrogens is 390 g/mol. The number of nitrogens with one attached hydrogen (secondary N) is 1. The zero-order valence-corrected chi connectivity index (χ0v) is 15.8. The van der Waals surface area contributed by atoms with Crippen LogP contribution in [-0.4, -0.2) is 30.7 Å². The molecule has 1 aromatic carbocycles. The summed E-state index contributed by atoms with van der Waals surface area (Å²) in [6.45, 7) is 5.70. The molecule has 0 aliphatic carbocycles. The van der Waals surface area contributed by atoms with Gasteiger partial charge >= 0.3 is 0 Å². The highest BCUT2D eigenvalue weighted by Gasteiger charge is 2.18. The van der Waals surface area contributed by atoms with E-state index in [0.717, 1.165) is 21.5 Å². The molecule has 0 aliphatic rings. The van der Waals surface area contributed by atoms with E-state index < -0.39 is 0 Å². The molecule has 0 fully saturated rings. The molecule has 0 saturated heterocycles. The van der Waals surface area contributed by atoms with Gasteiger partial charge in [-0.3, -0.25) is 4.79 Å². The standard InChI is InChI=1S/C16H16BrN5OS/c1-9-7-10(2)22-15(18-9)20-16(21-22)24-11(3)14(23)19-13-6-4-5-12(17)8-13/h4-8,11H,1-3H3,(H,19,23). The minimum Gasteiger partial charge on any atom is -0.325 e. The third-order valence-electron chi connectivity index (χ3n) is 3.34. The number of carbonyl (C=O) groups excluding carboxylic acids is 1. The maximum Gasteiger partial charge on any atom is 0.253 e. The topological polar surface area (TPSA) is 72.2 Å². The minimum atomic E-state index is -0.331. The smallest absolute Gasteiger partial charge is 0.253 e. The van der Waals surface area contributed by atoms with Gasteiger partial charge in [-0.2, -0.15) is 4.98 Å². The molecular formula is C16H16BrN5OS. The van der Waals surface area contributed by atoms with Crippen LogP contribution in [0.4, 0.5) is 5.69 Å². The van der Waals surface area contributed by atoms with E-state index in [1.807, 2.05) is 51.1 Å². The fraction of sp³-hybridized carbons (Fsp3) is 0.250. The lowest BCUT2D eigenvalue weighted by Crippen LogP contribution is -2.22. The Labute approximate surface area is 152 Å². The number of hydrogen-bond donors (Lipinski definition) is 1. The molecule has 0 saturated carbocycles. The summed E-state index contributed by atoms with van der Waals surface area (Å²) >= 11 is 4.70. The van der Waals surface area contributed by atoms with Crippen LogP contribution in [-0.2, 0) is 4.79 Å². The monoisotopic (exact) mass is 405 g/mol. The highest BCUT2D eigenvalue weighted by Crippen LogP contribution is 2.23. The highest BCUT2D eigenvalue weighted by atomic mass is 79.9. The molecule has 2 aromatic heterocycles. The molecule has 8 heteroatoms. The Morgan fingerprint density at radius 2 is 2.08 bits per heavy atom. The van der Waals surface area contributed by atoms with Crippen molar-refractivity contribution in [3.05, 3.63) is 46.2 Å². The first-order chi connectivity index (χ1) is 11.4. The molecule has 0 spiro atoms. The summed E-state index contributed by atoms with van der Waals surface area (Å²) in [5.74, 6) is 0.451. The maximum atomic E-state index is 12.3. The van der Waals surface area contributed by atoms with Crippen molar-refractivity contribution in [1.82, 2.24) is 19.6 Å². The number of aromatic nitrogens is 4. The quantitative estimate of drug-likeness (QED) is 0.670. The zero-order chi connectivity index (χ0) is 17.3. The van der Waals surface area contributed by atoms with Gasteiger partial charge < -0.3 is 5.32 Å². The highest BCUT2D eigenvalue weighted by molar-refractivity contribution is 9.10.